The molecule has 1 aromatic carbocycles. The number of nitrogens with zero attached hydrogens (tertiary/aromatic N) is 1. The summed E-state index contributed by atoms with van der Waals surface area (Å²) in [6.07, 6.45) is 2.56. The van der Waals surface area contributed by atoms with Crippen LogP contribution in [0.25, 0.3) is 10.9 Å². The number of aryl methyl sites for hydroxylation is 1. The second-order valence-corrected chi connectivity index (χ2v) is 3.45. The van der Waals surface area contributed by atoms with Gasteiger partial charge in [-0.25, -0.2) is 0 Å². The van der Waals surface area contributed by atoms with Crippen LogP contribution < -0.4 is 4.74 Å². The van der Waals surface area contributed by atoms with Gasteiger partial charge in [0, 0.05) is 25.6 Å². The van der Waals surface area contributed by atoms with Crippen molar-refractivity contribution in [2.45, 2.75) is 13.8 Å². The monoisotopic (exact) mass is 233 g/mol. The predicted octanol–water partition coefficient (Wildman–Crippen LogP) is 2.31. The molecule has 0 saturated carbocycles. The number of fused-ring (bicyclic) bond motifs is 1. The van der Waals surface area contributed by atoms with Crippen molar-refractivity contribution in [2.24, 2.45) is 7.05 Å². The summed E-state index contributed by atoms with van der Waals surface area (Å²) >= 11 is 0. The van der Waals surface area contributed by atoms with Gasteiger partial charge in [0.15, 0.2) is 5.75 Å². The van der Waals surface area contributed by atoms with Crippen molar-refractivity contribution in [3.63, 3.8) is 0 Å². The van der Waals surface area contributed by atoms with E-state index in [9.17, 15) is 4.79 Å². The number of hydrogen-bond donors (Lipinski definition) is 0. The van der Waals surface area contributed by atoms with E-state index in [2.05, 4.69) is 0 Å². The molecule has 0 aliphatic rings. The van der Waals surface area contributed by atoms with Crippen LogP contribution in [0.1, 0.15) is 13.8 Å². The van der Waals surface area contributed by atoms with Crippen LogP contribution in [0.15, 0.2) is 30.5 Å². The van der Waals surface area contributed by atoms with Crippen molar-refractivity contribution in [2.75, 3.05) is 0 Å². The summed E-state index contributed by atoms with van der Waals surface area (Å²) in [5, 5.41) is 0.963. The van der Waals surface area contributed by atoms with Crippen molar-refractivity contribution in [1.82, 2.24) is 4.57 Å². The number of carbonyl (C=O) groups is 2. The summed E-state index contributed by atoms with van der Waals surface area (Å²) in [4.78, 5) is 19.6. The lowest BCUT2D eigenvalue weighted by Crippen LogP contribution is -2.00. The van der Waals surface area contributed by atoms with Gasteiger partial charge in [-0.3, -0.25) is 4.79 Å². The van der Waals surface area contributed by atoms with E-state index in [-0.39, 0.29) is 5.97 Å². The minimum absolute atomic E-state index is 0.290. The summed E-state index contributed by atoms with van der Waals surface area (Å²) in [7, 11) is 1.93. The number of hydrogen-bond acceptors (Lipinski definition) is 3. The average molecular weight is 233 g/mol. The number of para-hydroxylation sites is 1. The molecule has 1 heterocycles. The molecule has 0 aliphatic heterocycles. The highest BCUT2D eigenvalue weighted by Gasteiger charge is 2.07. The minimum atomic E-state index is -0.290. The van der Waals surface area contributed by atoms with Gasteiger partial charge in [0.2, 0.25) is 0 Å². The zero-order valence-corrected chi connectivity index (χ0v) is 10.1. The summed E-state index contributed by atoms with van der Waals surface area (Å²) in [6.45, 7) is 2.85. The highest BCUT2D eigenvalue weighted by Crippen LogP contribution is 2.26. The first-order chi connectivity index (χ1) is 8.10. The van der Waals surface area contributed by atoms with Gasteiger partial charge >= 0.3 is 5.97 Å². The van der Waals surface area contributed by atoms with Crippen molar-refractivity contribution in [3.05, 3.63) is 30.5 Å². The lowest BCUT2D eigenvalue weighted by atomic mass is 10.2. The lowest BCUT2D eigenvalue weighted by molar-refractivity contribution is -0.131. The smallest absolute Gasteiger partial charge is 0.308 e. The third-order valence-electron chi connectivity index (χ3n) is 2.11. The van der Waals surface area contributed by atoms with Crippen LogP contribution in [0.3, 0.4) is 0 Å². The number of carbonyl (C=O) groups excluding carboxylic acids is 2. The highest BCUT2D eigenvalue weighted by atomic mass is 16.5. The van der Waals surface area contributed by atoms with Gasteiger partial charge in [-0.2, -0.15) is 0 Å². The first-order valence-electron chi connectivity index (χ1n) is 5.22. The molecule has 0 aliphatic carbocycles. The van der Waals surface area contributed by atoms with Gasteiger partial charge in [-0.1, -0.05) is 12.1 Å². The summed E-state index contributed by atoms with van der Waals surface area (Å²) < 4.78 is 7.03. The maximum atomic E-state index is 10.8. The Hall–Kier alpha value is -2.10. The van der Waals surface area contributed by atoms with E-state index in [1.807, 2.05) is 42.1 Å². The second kappa shape index (κ2) is 5.84. The van der Waals surface area contributed by atoms with Crippen LogP contribution in [0, 0.1) is 0 Å². The Morgan fingerprint density at radius 3 is 2.53 bits per heavy atom. The van der Waals surface area contributed by atoms with Crippen molar-refractivity contribution in [3.8, 4) is 5.75 Å². The molecule has 17 heavy (non-hydrogen) atoms. The molecular weight excluding hydrogens is 218 g/mol. The van der Waals surface area contributed by atoms with Crippen LogP contribution >= 0.6 is 0 Å². The summed E-state index contributed by atoms with van der Waals surface area (Å²) in [5.41, 5.74) is 1.06. The van der Waals surface area contributed by atoms with Gasteiger partial charge in [0.05, 0.1) is 5.52 Å². The van der Waals surface area contributed by atoms with Crippen LogP contribution in [-0.4, -0.2) is 16.8 Å². The zero-order valence-electron chi connectivity index (χ0n) is 10.1. The lowest BCUT2D eigenvalue weighted by Gasteiger charge is -1.96. The molecule has 0 amide bonds. The molecule has 0 spiro atoms. The Kier molecular flexibility index (Phi) is 4.46. The Labute approximate surface area is 99.8 Å². The fourth-order valence-electron chi connectivity index (χ4n) is 1.54. The fourth-order valence-corrected chi connectivity index (χ4v) is 1.54. The third-order valence-corrected chi connectivity index (χ3v) is 2.11. The van der Waals surface area contributed by atoms with E-state index in [0.717, 1.165) is 17.2 Å². The van der Waals surface area contributed by atoms with Gasteiger partial charge in [-0.15, -0.1) is 0 Å². The quantitative estimate of drug-likeness (QED) is 0.561. The van der Waals surface area contributed by atoms with E-state index in [1.54, 1.807) is 0 Å². The largest absolute Gasteiger partial charge is 0.424 e. The normalized spacial score (nSPS) is 9.35. The highest BCUT2D eigenvalue weighted by molar-refractivity contribution is 5.88. The first kappa shape index (κ1) is 13.0. The van der Waals surface area contributed by atoms with E-state index >= 15 is 0 Å². The summed E-state index contributed by atoms with van der Waals surface area (Å²) in [5.74, 6) is 0.331. The number of aldehydes is 1. The minimum Gasteiger partial charge on any atom is -0.424 e. The molecule has 0 fully saturated rings. The molecule has 2 rings (SSSR count). The molecule has 0 N–H and O–H groups in total. The number of rotatable bonds is 1. The maximum Gasteiger partial charge on any atom is 0.308 e. The van der Waals surface area contributed by atoms with Gasteiger partial charge in [0.25, 0.3) is 0 Å². The van der Waals surface area contributed by atoms with E-state index in [4.69, 9.17) is 9.53 Å². The van der Waals surface area contributed by atoms with Gasteiger partial charge in [0.1, 0.15) is 6.29 Å². The van der Waals surface area contributed by atoms with Crippen LogP contribution in [0.2, 0.25) is 0 Å². The Balaban J connectivity index is 0.000000437. The topological polar surface area (TPSA) is 48.3 Å². The van der Waals surface area contributed by atoms with E-state index in [1.165, 1.54) is 13.8 Å². The molecule has 0 unspecified atom stereocenters. The predicted molar refractivity (Wildman–Crippen MR) is 66.0 cm³/mol. The van der Waals surface area contributed by atoms with Gasteiger partial charge in [-0.05, 0) is 19.1 Å². The molecule has 0 radical (unpaired) electrons. The van der Waals surface area contributed by atoms with Crippen LogP contribution in [0.4, 0.5) is 0 Å². The molecular formula is C13H15NO3. The number of ether oxygens (including phenoxy) is 1. The SMILES string of the molecule is CC(=O)Oc1cn(C)c2ccccc12.CC=O. The number of benzene rings is 1. The molecule has 4 nitrogen and oxygen atoms in total. The molecule has 0 bridgehead atoms. The molecule has 0 saturated heterocycles. The number of aromatic nitrogens is 1. The molecule has 4 heteroatoms. The standard InChI is InChI=1S/C11H11NO2.C2H4O/c1-8(13)14-11-7-12(2)10-6-4-3-5-9(10)11;1-2-3/h3-7H,1-2H3;2H,1H3. The van der Waals surface area contributed by atoms with Crippen molar-refractivity contribution < 1.29 is 14.3 Å². The Morgan fingerprint density at radius 2 is 1.94 bits per heavy atom. The zero-order chi connectivity index (χ0) is 12.8. The van der Waals surface area contributed by atoms with Crippen LogP contribution in [-0.2, 0) is 16.6 Å². The fraction of sp³-hybridized carbons (Fsp3) is 0.231. The molecule has 0 atom stereocenters. The van der Waals surface area contributed by atoms with Crippen molar-refractivity contribution in [1.29, 1.82) is 0 Å². The average Bonchev–Trinajstić information content (AvgIpc) is 2.57. The first-order valence-corrected chi connectivity index (χ1v) is 5.22. The molecule has 2 aromatic rings. The molecule has 1 aromatic heterocycles. The Bertz CT molecular complexity index is 528. The van der Waals surface area contributed by atoms with Crippen molar-refractivity contribution >= 4 is 23.2 Å². The third kappa shape index (κ3) is 3.17. The van der Waals surface area contributed by atoms with Gasteiger partial charge < -0.3 is 14.1 Å². The molecule has 90 valence electrons. The number of esters is 1. The van der Waals surface area contributed by atoms with Crippen LogP contribution in [0.5, 0.6) is 5.75 Å². The second-order valence-electron chi connectivity index (χ2n) is 3.45. The maximum absolute atomic E-state index is 10.8. The van der Waals surface area contributed by atoms with E-state index in [0.29, 0.717) is 5.75 Å². The van der Waals surface area contributed by atoms with E-state index < -0.39 is 0 Å². The summed E-state index contributed by atoms with van der Waals surface area (Å²) in [6, 6.07) is 7.81. The Morgan fingerprint density at radius 1 is 1.35 bits per heavy atom.